The van der Waals surface area contributed by atoms with Crippen molar-refractivity contribution in [3.8, 4) is 5.75 Å². The van der Waals surface area contributed by atoms with Crippen molar-refractivity contribution >= 4 is 11.8 Å². The number of dihydropyridines is 1. The highest BCUT2D eigenvalue weighted by atomic mass is 16.5. The molecule has 1 heterocycles. The maximum absolute atomic E-state index is 13.3. The zero-order chi connectivity index (χ0) is 20.4. The Morgan fingerprint density at radius 3 is 2.66 bits per heavy atom. The average molecular weight is 395 g/mol. The molecule has 1 fully saturated rings. The molecule has 1 aromatic rings. The first-order valence-corrected chi connectivity index (χ1v) is 10.7. The first kappa shape index (κ1) is 19.7. The summed E-state index contributed by atoms with van der Waals surface area (Å²) in [5.74, 6) is 0.107. The van der Waals surface area contributed by atoms with Crippen LogP contribution in [0.1, 0.15) is 69.8 Å². The normalized spacial score (nSPS) is 22.8. The molecule has 2 aliphatic carbocycles. The molecule has 0 spiro atoms. The van der Waals surface area contributed by atoms with E-state index in [1.165, 1.54) is 6.42 Å². The van der Waals surface area contributed by atoms with Crippen molar-refractivity contribution in [1.82, 2.24) is 5.32 Å². The summed E-state index contributed by atoms with van der Waals surface area (Å²) in [6, 6.07) is 7.66. The molecular formula is C24H29NO4. The number of carbonyl (C=O) groups is 2. The minimum absolute atomic E-state index is 0.0278. The number of ether oxygens (including phenoxy) is 2. The van der Waals surface area contributed by atoms with Gasteiger partial charge in [-0.05, 0) is 63.1 Å². The van der Waals surface area contributed by atoms with Gasteiger partial charge in [-0.1, -0.05) is 18.6 Å². The van der Waals surface area contributed by atoms with E-state index in [0.717, 1.165) is 55.5 Å². The third-order valence-electron chi connectivity index (χ3n) is 6.25. The number of nitrogens with one attached hydrogen (secondary N) is 1. The molecule has 1 aromatic carbocycles. The number of hydrogen-bond donors (Lipinski definition) is 1. The molecule has 0 aromatic heterocycles. The van der Waals surface area contributed by atoms with Gasteiger partial charge in [0.15, 0.2) is 5.78 Å². The maximum atomic E-state index is 13.3. The standard InChI is InChI=1S/C24H29NO4/c1-15-21(24(27)29-17-9-4-3-5-10-17)22(16-8-6-11-18(14-16)28-2)23-19(25-15)12-7-13-20(23)26/h6,8,11,14,17,22,25H,3-5,7,9-10,12-13H2,1-2H3/t22-/m0/s1. The van der Waals surface area contributed by atoms with Crippen LogP contribution in [0.25, 0.3) is 0 Å². The van der Waals surface area contributed by atoms with E-state index in [1.807, 2.05) is 31.2 Å². The Bertz CT molecular complexity index is 877. The number of allylic oxidation sites excluding steroid dienone is 3. The van der Waals surface area contributed by atoms with E-state index in [9.17, 15) is 9.59 Å². The Kier molecular flexibility index (Phi) is 5.74. The van der Waals surface area contributed by atoms with Gasteiger partial charge in [0.05, 0.1) is 12.7 Å². The third-order valence-corrected chi connectivity index (χ3v) is 6.25. The first-order valence-electron chi connectivity index (χ1n) is 10.7. The molecule has 154 valence electrons. The summed E-state index contributed by atoms with van der Waals surface area (Å²) in [7, 11) is 1.62. The van der Waals surface area contributed by atoms with Gasteiger partial charge in [-0.25, -0.2) is 4.79 Å². The van der Waals surface area contributed by atoms with Crippen molar-refractivity contribution in [2.24, 2.45) is 0 Å². The summed E-state index contributed by atoms with van der Waals surface area (Å²) >= 11 is 0. The molecule has 3 aliphatic rings. The van der Waals surface area contributed by atoms with E-state index >= 15 is 0 Å². The number of rotatable bonds is 4. The zero-order valence-corrected chi connectivity index (χ0v) is 17.3. The molecular weight excluding hydrogens is 366 g/mol. The minimum atomic E-state index is -0.412. The summed E-state index contributed by atoms with van der Waals surface area (Å²) in [5, 5.41) is 3.35. The van der Waals surface area contributed by atoms with Crippen LogP contribution in [0.4, 0.5) is 0 Å². The lowest BCUT2D eigenvalue weighted by atomic mass is 9.75. The highest BCUT2D eigenvalue weighted by Crippen LogP contribution is 2.43. The zero-order valence-electron chi connectivity index (χ0n) is 17.3. The van der Waals surface area contributed by atoms with Gasteiger partial charge in [0.2, 0.25) is 0 Å². The third kappa shape index (κ3) is 3.96. The predicted octanol–water partition coefficient (Wildman–Crippen LogP) is 4.54. The molecule has 1 N–H and O–H groups in total. The van der Waals surface area contributed by atoms with Gasteiger partial charge < -0.3 is 14.8 Å². The van der Waals surface area contributed by atoms with Gasteiger partial charge in [0.25, 0.3) is 0 Å². The molecule has 1 saturated carbocycles. The number of Topliss-reactive ketones (excluding diaryl/α,β-unsaturated/α-hetero) is 1. The minimum Gasteiger partial charge on any atom is -0.497 e. The van der Waals surface area contributed by atoms with Crippen LogP contribution in [0.5, 0.6) is 5.75 Å². The van der Waals surface area contributed by atoms with Crippen LogP contribution in [-0.2, 0) is 14.3 Å². The molecule has 4 rings (SSSR count). The van der Waals surface area contributed by atoms with Gasteiger partial charge in [0.1, 0.15) is 11.9 Å². The van der Waals surface area contributed by atoms with Crippen LogP contribution in [0.15, 0.2) is 46.8 Å². The SMILES string of the molecule is COc1cccc([C@H]2C(C(=O)OC3CCCCC3)=C(C)NC3=C2C(=O)CCC3)c1. The summed E-state index contributed by atoms with van der Waals surface area (Å²) in [4.78, 5) is 26.2. The summed E-state index contributed by atoms with van der Waals surface area (Å²) < 4.78 is 11.3. The Morgan fingerprint density at radius 1 is 1.10 bits per heavy atom. The highest BCUT2D eigenvalue weighted by Gasteiger charge is 2.39. The van der Waals surface area contributed by atoms with Gasteiger partial charge in [-0.3, -0.25) is 4.79 Å². The number of esters is 1. The molecule has 0 bridgehead atoms. The lowest BCUT2D eigenvalue weighted by Crippen LogP contribution is -2.35. The monoisotopic (exact) mass is 395 g/mol. The first-order chi connectivity index (χ1) is 14.1. The van der Waals surface area contributed by atoms with E-state index in [4.69, 9.17) is 9.47 Å². The second-order valence-electron chi connectivity index (χ2n) is 8.21. The van der Waals surface area contributed by atoms with E-state index in [0.29, 0.717) is 23.3 Å². The molecule has 0 unspecified atom stereocenters. The van der Waals surface area contributed by atoms with E-state index < -0.39 is 5.92 Å². The molecule has 5 nitrogen and oxygen atoms in total. The Balaban J connectivity index is 1.74. The summed E-state index contributed by atoms with van der Waals surface area (Å²) in [6.45, 7) is 1.91. The second-order valence-corrected chi connectivity index (χ2v) is 8.21. The smallest absolute Gasteiger partial charge is 0.337 e. The molecule has 0 radical (unpaired) electrons. The molecule has 29 heavy (non-hydrogen) atoms. The Morgan fingerprint density at radius 2 is 1.90 bits per heavy atom. The van der Waals surface area contributed by atoms with E-state index in [1.54, 1.807) is 7.11 Å². The van der Waals surface area contributed by atoms with Gasteiger partial charge in [-0.15, -0.1) is 0 Å². The topological polar surface area (TPSA) is 64.6 Å². The fourth-order valence-electron chi connectivity index (χ4n) is 4.81. The van der Waals surface area contributed by atoms with Crippen molar-refractivity contribution in [3.63, 3.8) is 0 Å². The lowest BCUT2D eigenvalue weighted by Gasteiger charge is -2.35. The number of benzene rings is 1. The van der Waals surface area contributed by atoms with E-state index in [2.05, 4.69) is 5.32 Å². The Hall–Kier alpha value is -2.56. The van der Waals surface area contributed by atoms with Crippen molar-refractivity contribution < 1.29 is 19.1 Å². The molecule has 1 aliphatic heterocycles. The second kappa shape index (κ2) is 8.44. The van der Waals surface area contributed by atoms with Crippen molar-refractivity contribution in [1.29, 1.82) is 0 Å². The van der Waals surface area contributed by atoms with Crippen molar-refractivity contribution in [3.05, 3.63) is 52.4 Å². The number of methoxy groups -OCH3 is 1. The Labute approximate surface area is 172 Å². The quantitative estimate of drug-likeness (QED) is 0.759. The molecule has 0 saturated heterocycles. The molecule has 5 heteroatoms. The molecule has 1 atom stereocenters. The van der Waals surface area contributed by atoms with Crippen LogP contribution in [0.3, 0.4) is 0 Å². The maximum Gasteiger partial charge on any atom is 0.337 e. The predicted molar refractivity (Wildman–Crippen MR) is 110 cm³/mol. The highest BCUT2D eigenvalue weighted by molar-refractivity contribution is 6.03. The van der Waals surface area contributed by atoms with Gasteiger partial charge in [-0.2, -0.15) is 0 Å². The lowest BCUT2D eigenvalue weighted by molar-refractivity contribution is -0.146. The van der Waals surface area contributed by atoms with Gasteiger partial charge >= 0.3 is 5.97 Å². The fraction of sp³-hybridized carbons (Fsp3) is 0.500. The van der Waals surface area contributed by atoms with Crippen LogP contribution in [-0.4, -0.2) is 25.0 Å². The van der Waals surface area contributed by atoms with Gasteiger partial charge in [0, 0.05) is 29.3 Å². The number of ketones is 1. The summed E-state index contributed by atoms with van der Waals surface area (Å²) in [5.41, 5.74) is 3.89. The summed E-state index contributed by atoms with van der Waals surface area (Å²) in [6.07, 6.45) is 7.39. The number of carbonyl (C=O) groups excluding carboxylic acids is 2. The average Bonchev–Trinajstić information content (AvgIpc) is 2.73. The fourth-order valence-corrected chi connectivity index (χ4v) is 4.81. The van der Waals surface area contributed by atoms with Crippen LogP contribution < -0.4 is 10.1 Å². The molecule has 0 amide bonds. The number of hydrogen-bond acceptors (Lipinski definition) is 5. The van der Waals surface area contributed by atoms with Crippen LogP contribution in [0.2, 0.25) is 0 Å². The van der Waals surface area contributed by atoms with Crippen LogP contribution >= 0.6 is 0 Å². The largest absolute Gasteiger partial charge is 0.497 e. The van der Waals surface area contributed by atoms with Crippen molar-refractivity contribution in [2.45, 2.75) is 70.3 Å². The van der Waals surface area contributed by atoms with Crippen LogP contribution in [0, 0.1) is 0 Å². The van der Waals surface area contributed by atoms with E-state index in [-0.39, 0.29) is 17.9 Å². The van der Waals surface area contributed by atoms with Crippen molar-refractivity contribution in [2.75, 3.05) is 7.11 Å².